The maximum Gasteiger partial charge on any atom is 0.123 e. The van der Waals surface area contributed by atoms with Crippen molar-refractivity contribution in [3.8, 4) is 11.5 Å². The summed E-state index contributed by atoms with van der Waals surface area (Å²) >= 11 is 0. The van der Waals surface area contributed by atoms with Gasteiger partial charge in [0, 0.05) is 43.9 Å². The standard InChI is InChI=1S/C22H30N4O2/c1-28-19-9-8-18(21(27)14-19)16-25-10-5-11-26(13-12-25)22-15-20(23-24-22)17-6-3-2-4-7-17/h2-4,6-9,14,20,22-24,27H,5,10-13,15-16H2,1H3. The van der Waals surface area contributed by atoms with Gasteiger partial charge in [-0.25, -0.2) is 10.9 Å². The van der Waals surface area contributed by atoms with E-state index in [1.165, 1.54) is 5.56 Å². The van der Waals surface area contributed by atoms with E-state index in [1.807, 2.05) is 12.1 Å². The van der Waals surface area contributed by atoms with Crippen LogP contribution in [0.1, 0.15) is 30.0 Å². The zero-order chi connectivity index (χ0) is 19.3. The summed E-state index contributed by atoms with van der Waals surface area (Å²) in [6, 6.07) is 16.6. The number of hydrogen-bond donors (Lipinski definition) is 3. The van der Waals surface area contributed by atoms with Gasteiger partial charge in [-0.1, -0.05) is 36.4 Å². The highest BCUT2D eigenvalue weighted by Crippen LogP contribution is 2.26. The molecule has 2 aromatic rings. The Morgan fingerprint density at radius 2 is 1.89 bits per heavy atom. The quantitative estimate of drug-likeness (QED) is 0.739. The molecule has 6 nitrogen and oxygen atoms in total. The van der Waals surface area contributed by atoms with Crippen LogP contribution in [0.5, 0.6) is 11.5 Å². The van der Waals surface area contributed by atoms with E-state index in [2.05, 4.69) is 51.0 Å². The number of nitrogens with zero attached hydrogens (tertiary/aromatic N) is 2. The Labute approximate surface area is 167 Å². The van der Waals surface area contributed by atoms with Crippen LogP contribution in [0.4, 0.5) is 0 Å². The van der Waals surface area contributed by atoms with E-state index in [4.69, 9.17) is 4.74 Å². The number of phenolic OH excluding ortho intramolecular Hbond substituents is 1. The van der Waals surface area contributed by atoms with Crippen molar-refractivity contribution in [1.82, 2.24) is 20.7 Å². The van der Waals surface area contributed by atoms with Crippen molar-refractivity contribution in [3.63, 3.8) is 0 Å². The Morgan fingerprint density at radius 3 is 2.68 bits per heavy atom. The molecule has 0 spiro atoms. The van der Waals surface area contributed by atoms with Crippen LogP contribution in [0, 0.1) is 0 Å². The third kappa shape index (κ3) is 4.47. The van der Waals surface area contributed by atoms with Gasteiger partial charge in [0.1, 0.15) is 11.5 Å². The highest BCUT2D eigenvalue weighted by Gasteiger charge is 2.30. The molecule has 28 heavy (non-hydrogen) atoms. The summed E-state index contributed by atoms with van der Waals surface area (Å²) in [5, 5.41) is 10.3. The van der Waals surface area contributed by atoms with Crippen LogP contribution in [-0.4, -0.2) is 54.4 Å². The summed E-state index contributed by atoms with van der Waals surface area (Å²) in [7, 11) is 1.62. The molecule has 2 fully saturated rings. The average molecular weight is 383 g/mol. The fourth-order valence-corrected chi connectivity index (χ4v) is 4.19. The molecule has 150 valence electrons. The molecular formula is C22H30N4O2. The van der Waals surface area contributed by atoms with Crippen LogP contribution < -0.4 is 15.6 Å². The predicted molar refractivity (Wildman–Crippen MR) is 110 cm³/mol. The number of hydrogen-bond acceptors (Lipinski definition) is 6. The first-order valence-corrected chi connectivity index (χ1v) is 10.1. The molecule has 0 aliphatic carbocycles. The second-order valence-electron chi connectivity index (χ2n) is 7.66. The van der Waals surface area contributed by atoms with E-state index in [-0.39, 0.29) is 0 Å². The minimum atomic E-state index is 0.313. The zero-order valence-corrected chi connectivity index (χ0v) is 16.5. The second-order valence-corrected chi connectivity index (χ2v) is 7.66. The summed E-state index contributed by atoms with van der Waals surface area (Å²) in [6.07, 6.45) is 2.56. The number of benzene rings is 2. The van der Waals surface area contributed by atoms with Gasteiger partial charge in [0.15, 0.2) is 0 Å². The van der Waals surface area contributed by atoms with Gasteiger partial charge in [-0.05, 0) is 31.0 Å². The van der Waals surface area contributed by atoms with Gasteiger partial charge in [-0.15, -0.1) is 0 Å². The first kappa shape index (κ1) is 19.2. The normalized spacial score (nSPS) is 24.2. The fraction of sp³-hybridized carbons (Fsp3) is 0.455. The van der Waals surface area contributed by atoms with E-state index in [9.17, 15) is 5.11 Å². The topological polar surface area (TPSA) is 60.0 Å². The number of ether oxygens (including phenoxy) is 1. The Bertz CT molecular complexity index is 770. The molecule has 3 N–H and O–H groups in total. The molecule has 6 heteroatoms. The van der Waals surface area contributed by atoms with Crippen molar-refractivity contribution < 1.29 is 9.84 Å². The van der Waals surface area contributed by atoms with Crippen LogP contribution in [0.25, 0.3) is 0 Å². The summed E-state index contributed by atoms with van der Waals surface area (Å²) < 4.78 is 5.18. The molecule has 2 aliphatic rings. The van der Waals surface area contributed by atoms with Gasteiger partial charge in [0.2, 0.25) is 0 Å². The van der Waals surface area contributed by atoms with E-state index in [1.54, 1.807) is 13.2 Å². The summed E-state index contributed by atoms with van der Waals surface area (Å²) in [5.41, 5.74) is 9.25. The van der Waals surface area contributed by atoms with Gasteiger partial charge < -0.3 is 9.84 Å². The third-order valence-electron chi connectivity index (χ3n) is 5.84. The highest BCUT2D eigenvalue weighted by atomic mass is 16.5. The smallest absolute Gasteiger partial charge is 0.123 e. The molecule has 2 heterocycles. The fourth-order valence-electron chi connectivity index (χ4n) is 4.19. The number of rotatable bonds is 5. The van der Waals surface area contributed by atoms with Crippen LogP contribution in [0.15, 0.2) is 48.5 Å². The number of methoxy groups -OCH3 is 1. The molecule has 2 unspecified atom stereocenters. The lowest BCUT2D eigenvalue weighted by molar-refractivity contribution is 0.177. The molecule has 0 amide bonds. The molecule has 0 radical (unpaired) electrons. The van der Waals surface area contributed by atoms with Crippen molar-refractivity contribution >= 4 is 0 Å². The average Bonchev–Trinajstić information content (AvgIpc) is 3.11. The lowest BCUT2D eigenvalue weighted by atomic mass is 10.0. The molecule has 2 atom stereocenters. The lowest BCUT2D eigenvalue weighted by Crippen LogP contribution is -2.46. The summed E-state index contributed by atoms with van der Waals surface area (Å²) in [4.78, 5) is 4.97. The third-order valence-corrected chi connectivity index (χ3v) is 5.84. The van der Waals surface area contributed by atoms with Crippen LogP contribution in [0.3, 0.4) is 0 Å². The van der Waals surface area contributed by atoms with Crippen molar-refractivity contribution in [2.75, 3.05) is 33.3 Å². The minimum absolute atomic E-state index is 0.313. The molecule has 2 saturated heterocycles. The number of hydrazine groups is 1. The molecule has 2 aliphatic heterocycles. The molecule has 4 rings (SSSR count). The van der Waals surface area contributed by atoms with Gasteiger partial charge in [-0.2, -0.15) is 0 Å². The van der Waals surface area contributed by atoms with E-state index >= 15 is 0 Å². The minimum Gasteiger partial charge on any atom is -0.507 e. The molecular weight excluding hydrogens is 352 g/mol. The van der Waals surface area contributed by atoms with Crippen LogP contribution in [0.2, 0.25) is 0 Å². The van der Waals surface area contributed by atoms with Crippen molar-refractivity contribution in [3.05, 3.63) is 59.7 Å². The Morgan fingerprint density at radius 1 is 1.04 bits per heavy atom. The predicted octanol–water partition coefficient (Wildman–Crippen LogP) is 2.47. The molecule has 2 aromatic carbocycles. The van der Waals surface area contributed by atoms with Crippen LogP contribution >= 0.6 is 0 Å². The lowest BCUT2D eigenvalue weighted by Gasteiger charge is -2.27. The monoisotopic (exact) mass is 382 g/mol. The maximum atomic E-state index is 10.3. The van der Waals surface area contributed by atoms with Crippen molar-refractivity contribution in [2.45, 2.75) is 31.6 Å². The SMILES string of the molecule is COc1ccc(CN2CCCN(C3CC(c4ccccc4)NN3)CC2)c(O)c1. The Kier molecular flexibility index (Phi) is 6.12. The van der Waals surface area contributed by atoms with E-state index < -0.39 is 0 Å². The Hall–Kier alpha value is -2.12. The van der Waals surface area contributed by atoms with Crippen LogP contribution in [-0.2, 0) is 6.54 Å². The summed E-state index contributed by atoms with van der Waals surface area (Å²) in [6.45, 7) is 4.93. The molecule has 0 saturated carbocycles. The van der Waals surface area contributed by atoms with E-state index in [0.717, 1.165) is 51.1 Å². The Balaban J connectivity index is 1.32. The van der Waals surface area contributed by atoms with E-state index in [0.29, 0.717) is 23.7 Å². The number of nitrogens with one attached hydrogen (secondary N) is 2. The summed E-state index contributed by atoms with van der Waals surface area (Å²) in [5.74, 6) is 1.00. The van der Waals surface area contributed by atoms with Gasteiger partial charge in [0.05, 0.1) is 13.3 Å². The van der Waals surface area contributed by atoms with Crippen molar-refractivity contribution in [1.29, 1.82) is 0 Å². The van der Waals surface area contributed by atoms with Crippen molar-refractivity contribution in [2.24, 2.45) is 0 Å². The molecule has 0 aromatic heterocycles. The first-order chi connectivity index (χ1) is 13.7. The van der Waals surface area contributed by atoms with Gasteiger partial charge in [-0.3, -0.25) is 9.80 Å². The largest absolute Gasteiger partial charge is 0.507 e. The highest BCUT2D eigenvalue weighted by molar-refractivity contribution is 5.39. The second kappa shape index (κ2) is 8.92. The number of phenols is 1. The van der Waals surface area contributed by atoms with Gasteiger partial charge >= 0.3 is 0 Å². The van der Waals surface area contributed by atoms with Gasteiger partial charge in [0.25, 0.3) is 0 Å². The molecule has 0 bridgehead atoms. The number of aromatic hydroxyl groups is 1. The maximum absolute atomic E-state index is 10.3. The first-order valence-electron chi connectivity index (χ1n) is 10.1. The zero-order valence-electron chi connectivity index (χ0n) is 16.5.